The zero-order chi connectivity index (χ0) is 15.7. The van der Waals surface area contributed by atoms with Crippen molar-refractivity contribution in [1.82, 2.24) is 15.1 Å². The fourth-order valence-corrected chi connectivity index (χ4v) is 2.51. The van der Waals surface area contributed by atoms with E-state index in [-0.39, 0.29) is 11.0 Å². The summed E-state index contributed by atoms with van der Waals surface area (Å²) in [4.78, 5) is 2.32. The van der Waals surface area contributed by atoms with E-state index >= 15 is 0 Å². The van der Waals surface area contributed by atoms with E-state index in [0.29, 0.717) is 0 Å². The minimum absolute atomic E-state index is 0.113. The van der Waals surface area contributed by atoms with Crippen molar-refractivity contribution in [3.05, 3.63) is 11.3 Å². The molecule has 0 bridgehead atoms. The summed E-state index contributed by atoms with van der Waals surface area (Å²) in [6.07, 6.45) is 0. The molecule has 0 aliphatic heterocycles. The van der Waals surface area contributed by atoms with Crippen molar-refractivity contribution in [1.29, 1.82) is 0 Å². The lowest BCUT2D eigenvalue weighted by molar-refractivity contribution is 0.411. The van der Waals surface area contributed by atoms with Crippen molar-refractivity contribution in [2.75, 3.05) is 18.5 Å². The summed E-state index contributed by atoms with van der Waals surface area (Å²) in [6, 6.07) is 0. The van der Waals surface area contributed by atoms with Crippen LogP contribution in [-0.4, -0.2) is 28.9 Å². The van der Waals surface area contributed by atoms with E-state index in [2.05, 4.69) is 70.8 Å². The molecule has 0 radical (unpaired) electrons. The molecule has 20 heavy (non-hydrogen) atoms. The molecule has 0 spiro atoms. The number of hydrogen-bond acceptors (Lipinski definition) is 3. The van der Waals surface area contributed by atoms with Crippen molar-refractivity contribution in [2.24, 2.45) is 12.5 Å². The van der Waals surface area contributed by atoms with Crippen molar-refractivity contribution < 1.29 is 0 Å². The summed E-state index contributed by atoms with van der Waals surface area (Å²) in [5.74, 6) is 1.22. The van der Waals surface area contributed by atoms with Crippen molar-refractivity contribution in [3.63, 3.8) is 0 Å². The first-order valence-corrected chi connectivity index (χ1v) is 7.39. The Labute approximate surface area is 124 Å². The normalized spacial score (nSPS) is 12.8. The molecule has 0 unspecified atom stereocenters. The molecule has 1 N–H and O–H groups in total. The van der Waals surface area contributed by atoms with E-state index in [1.807, 2.05) is 11.7 Å². The average molecular weight is 280 g/mol. The third-order valence-corrected chi connectivity index (χ3v) is 3.18. The molecule has 116 valence electrons. The zero-order valence-corrected chi connectivity index (χ0v) is 14.8. The summed E-state index contributed by atoms with van der Waals surface area (Å²) in [5.41, 5.74) is 2.79. The highest BCUT2D eigenvalue weighted by Crippen LogP contribution is 2.26. The maximum Gasteiger partial charge on any atom is 0.131 e. The van der Waals surface area contributed by atoms with E-state index in [4.69, 9.17) is 0 Å². The van der Waals surface area contributed by atoms with Gasteiger partial charge >= 0.3 is 0 Å². The molecule has 1 aromatic heterocycles. The van der Waals surface area contributed by atoms with Crippen LogP contribution in [0, 0.1) is 12.3 Å². The Morgan fingerprint density at radius 1 is 1.15 bits per heavy atom. The maximum atomic E-state index is 4.60. The monoisotopic (exact) mass is 280 g/mol. The summed E-state index contributed by atoms with van der Waals surface area (Å²) in [7, 11) is 4.18. The predicted octanol–water partition coefficient (Wildman–Crippen LogP) is 3.10. The highest BCUT2D eigenvalue weighted by atomic mass is 15.4. The molecule has 0 aliphatic rings. The van der Waals surface area contributed by atoms with Crippen molar-refractivity contribution >= 4 is 5.82 Å². The van der Waals surface area contributed by atoms with Gasteiger partial charge in [0.05, 0.1) is 5.69 Å². The molecule has 4 heteroatoms. The van der Waals surface area contributed by atoms with E-state index in [9.17, 15) is 0 Å². The molecule has 0 fully saturated rings. The fourth-order valence-electron chi connectivity index (χ4n) is 2.51. The minimum atomic E-state index is 0.113. The SMILES string of the molecule is Cc1nn(C)c(N(C)CC(C)(C)C)c1CNC(C)(C)C. The van der Waals surface area contributed by atoms with Crippen LogP contribution < -0.4 is 10.2 Å². The van der Waals surface area contributed by atoms with Crippen LogP contribution in [0.5, 0.6) is 0 Å². The van der Waals surface area contributed by atoms with Crippen LogP contribution in [0.25, 0.3) is 0 Å². The Hall–Kier alpha value is -1.03. The van der Waals surface area contributed by atoms with Crippen LogP contribution in [-0.2, 0) is 13.6 Å². The quantitative estimate of drug-likeness (QED) is 0.920. The third kappa shape index (κ3) is 4.82. The number of aromatic nitrogens is 2. The second-order valence-corrected chi connectivity index (χ2v) is 8.03. The van der Waals surface area contributed by atoms with Crippen LogP contribution in [0.15, 0.2) is 0 Å². The summed E-state index contributed by atoms with van der Waals surface area (Å²) < 4.78 is 2.00. The molecule has 0 atom stereocenters. The standard InChI is InChI=1S/C16H32N4/c1-12-13(10-17-16(5,6)7)14(20(9)18-12)19(8)11-15(2,3)4/h17H,10-11H2,1-9H3. The van der Waals surface area contributed by atoms with Gasteiger partial charge < -0.3 is 10.2 Å². The first kappa shape index (κ1) is 17.0. The number of rotatable bonds is 4. The lowest BCUT2D eigenvalue weighted by Gasteiger charge is -2.29. The van der Waals surface area contributed by atoms with Gasteiger partial charge in [0.15, 0.2) is 0 Å². The molecule has 0 saturated carbocycles. The highest BCUT2D eigenvalue weighted by molar-refractivity contribution is 5.49. The number of hydrogen-bond donors (Lipinski definition) is 1. The van der Waals surface area contributed by atoms with Crippen LogP contribution in [0.2, 0.25) is 0 Å². The van der Waals surface area contributed by atoms with Gasteiger partial charge in [0.1, 0.15) is 5.82 Å². The Bertz CT molecular complexity index is 446. The van der Waals surface area contributed by atoms with Gasteiger partial charge in [0, 0.05) is 38.3 Å². The number of nitrogens with one attached hydrogen (secondary N) is 1. The van der Waals surface area contributed by atoms with Gasteiger partial charge in [-0.2, -0.15) is 5.10 Å². The van der Waals surface area contributed by atoms with Crippen LogP contribution in [0.3, 0.4) is 0 Å². The Morgan fingerprint density at radius 3 is 2.15 bits per heavy atom. The molecule has 0 saturated heterocycles. The van der Waals surface area contributed by atoms with Gasteiger partial charge in [0.25, 0.3) is 0 Å². The maximum absolute atomic E-state index is 4.60. The predicted molar refractivity (Wildman–Crippen MR) is 87.3 cm³/mol. The van der Waals surface area contributed by atoms with Gasteiger partial charge in [-0.1, -0.05) is 20.8 Å². The molecule has 4 nitrogen and oxygen atoms in total. The minimum Gasteiger partial charge on any atom is -0.359 e. The van der Waals surface area contributed by atoms with E-state index in [1.165, 1.54) is 11.4 Å². The van der Waals surface area contributed by atoms with Gasteiger partial charge in [0.2, 0.25) is 0 Å². The molecular formula is C16H32N4. The molecule has 0 aliphatic carbocycles. The third-order valence-electron chi connectivity index (χ3n) is 3.18. The Kier molecular flexibility index (Phi) is 4.90. The molecule has 0 aromatic carbocycles. The first-order chi connectivity index (χ1) is 8.91. The Morgan fingerprint density at radius 2 is 1.70 bits per heavy atom. The second-order valence-electron chi connectivity index (χ2n) is 8.03. The van der Waals surface area contributed by atoms with E-state index in [0.717, 1.165) is 18.8 Å². The van der Waals surface area contributed by atoms with Gasteiger partial charge in [-0.25, -0.2) is 0 Å². The molecule has 1 aromatic rings. The van der Waals surface area contributed by atoms with Gasteiger partial charge in [-0.05, 0) is 33.1 Å². The molecular weight excluding hydrogens is 248 g/mol. The molecule has 1 heterocycles. The van der Waals surface area contributed by atoms with Crippen LogP contribution >= 0.6 is 0 Å². The first-order valence-electron chi connectivity index (χ1n) is 7.39. The van der Waals surface area contributed by atoms with Gasteiger partial charge in [-0.3, -0.25) is 4.68 Å². The summed E-state index contributed by atoms with van der Waals surface area (Å²) in [5, 5.41) is 8.17. The van der Waals surface area contributed by atoms with Crippen LogP contribution in [0.1, 0.15) is 52.8 Å². The molecule has 1 rings (SSSR count). The van der Waals surface area contributed by atoms with Crippen molar-refractivity contribution in [2.45, 2.75) is 60.5 Å². The average Bonchev–Trinajstić information content (AvgIpc) is 2.46. The lowest BCUT2D eigenvalue weighted by Crippen LogP contribution is -2.36. The summed E-state index contributed by atoms with van der Waals surface area (Å²) >= 11 is 0. The second kappa shape index (κ2) is 5.76. The van der Waals surface area contributed by atoms with Crippen LogP contribution in [0.4, 0.5) is 5.82 Å². The molecule has 0 amide bonds. The number of anilines is 1. The topological polar surface area (TPSA) is 33.1 Å². The van der Waals surface area contributed by atoms with E-state index < -0.39 is 0 Å². The number of aryl methyl sites for hydroxylation is 2. The number of nitrogens with zero attached hydrogens (tertiary/aromatic N) is 3. The van der Waals surface area contributed by atoms with Gasteiger partial charge in [-0.15, -0.1) is 0 Å². The van der Waals surface area contributed by atoms with Crippen molar-refractivity contribution in [3.8, 4) is 0 Å². The largest absolute Gasteiger partial charge is 0.359 e. The Balaban J connectivity index is 3.00. The summed E-state index contributed by atoms with van der Waals surface area (Å²) in [6.45, 7) is 17.3. The lowest BCUT2D eigenvalue weighted by atomic mass is 9.96. The smallest absolute Gasteiger partial charge is 0.131 e. The highest BCUT2D eigenvalue weighted by Gasteiger charge is 2.22. The van der Waals surface area contributed by atoms with E-state index in [1.54, 1.807) is 0 Å². The fraction of sp³-hybridized carbons (Fsp3) is 0.812. The zero-order valence-electron chi connectivity index (χ0n) is 14.8.